The maximum absolute atomic E-state index is 11.7. The van der Waals surface area contributed by atoms with Gasteiger partial charge in [-0.25, -0.2) is 0 Å². The molecule has 19 heavy (non-hydrogen) atoms. The maximum atomic E-state index is 11.7. The Balaban J connectivity index is 2.78. The van der Waals surface area contributed by atoms with Gasteiger partial charge in [0.05, 0.1) is 7.11 Å². The lowest BCUT2D eigenvalue weighted by molar-refractivity contribution is -0.147. The van der Waals surface area contributed by atoms with Gasteiger partial charge in [-0.3, -0.25) is 4.79 Å². The second-order valence-electron chi connectivity index (χ2n) is 6.22. The molecule has 1 N–H and O–H groups in total. The summed E-state index contributed by atoms with van der Waals surface area (Å²) in [5.74, 6) is -0.243. The van der Waals surface area contributed by atoms with Crippen molar-refractivity contribution in [1.82, 2.24) is 5.32 Å². The van der Waals surface area contributed by atoms with Gasteiger partial charge in [-0.15, -0.1) is 0 Å². The van der Waals surface area contributed by atoms with Gasteiger partial charge < -0.3 is 10.1 Å². The van der Waals surface area contributed by atoms with Gasteiger partial charge in [-0.1, -0.05) is 43.7 Å². The molecule has 0 saturated heterocycles. The Morgan fingerprint density at radius 1 is 1.26 bits per heavy atom. The molecule has 0 fully saturated rings. The van der Waals surface area contributed by atoms with E-state index in [1.165, 1.54) is 18.2 Å². The van der Waals surface area contributed by atoms with Crippen molar-refractivity contribution in [1.29, 1.82) is 0 Å². The van der Waals surface area contributed by atoms with Crippen molar-refractivity contribution >= 4 is 5.97 Å². The second-order valence-corrected chi connectivity index (χ2v) is 6.22. The molecule has 1 rings (SSSR count). The minimum absolute atomic E-state index is 0.0443. The van der Waals surface area contributed by atoms with Crippen LogP contribution in [0.15, 0.2) is 24.3 Å². The number of aryl methyl sites for hydroxylation is 1. The number of hydrogen-bond donors (Lipinski definition) is 1. The van der Waals surface area contributed by atoms with Crippen LogP contribution in [0.2, 0.25) is 0 Å². The summed E-state index contributed by atoms with van der Waals surface area (Å²) in [6.07, 6.45) is 0. The highest BCUT2D eigenvalue weighted by Crippen LogP contribution is 2.24. The molecule has 0 aromatic heterocycles. The Kier molecular flexibility index (Phi) is 4.75. The van der Waals surface area contributed by atoms with Crippen LogP contribution in [0.3, 0.4) is 0 Å². The Hall–Kier alpha value is -1.35. The fourth-order valence-electron chi connectivity index (χ4n) is 1.94. The van der Waals surface area contributed by atoms with Crippen molar-refractivity contribution < 1.29 is 9.53 Å². The molecule has 0 aliphatic heterocycles. The van der Waals surface area contributed by atoms with Gasteiger partial charge in [0, 0.05) is 12.0 Å². The first kappa shape index (κ1) is 15.7. The Morgan fingerprint density at radius 3 is 2.42 bits per heavy atom. The maximum Gasteiger partial charge on any atom is 0.325 e. The van der Waals surface area contributed by atoms with E-state index in [0.29, 0.717) is 6.54 Å². The standard InChI is InChI=1S/C16H25NO2/c1-12-8-7-9-13(10-12)15(2,3)11-17-16(4,5)14(18)19-6/h7-10,17H,11H2,1-6H3. The lowest BCUT2D eigenvalue weighted by Crippen LogP contribution is -2.51. The van der Waals surface area contributed by atoms with Crippen LogP contribution < -0.4 is 5.32 Å². The van der Waals surface area contributed by atoms with E-state index >= 15 is 0 Å². The number of rotatable bonds is 5. The summed E-state index contributed by atoms with van der Waals surface area (Å²) in [6, 6.07) is 8.47. The summed E-state index contributed by atoms with van der Waals surface area (Å²) in [5, 5.41) is 3.29. The highest BCUT2D eigenvalue weighted by Gasteiger charge is 2.31. The third-order valence-corrected chi connectivity index (χ3v) is 3.47. The van der Waals surface area contributed by atoms with Crippen molar-refractivity contribution in [3.8, 4) is 0 Å². The van der Waals surface area contributed by atoms with E-state index in [1.54, 1.807) is 0 Å². The van der Waals surface area contributed by atoms with Crippen LogP contribution >= 0.6 is 0 Å². The fourth-order valence-corrected chi connectivity index (χ4v) is 1.94. The number of methoxy groups -OCH3 is 1. The molecule has 0 saturated carbocycles. The van der Waals surface area contributed by atoms with E-state index in [2.05, 4.69) is 50.4 Å². The number of carbonyl (C=O) groups is 1. The molecule has 1 aromatic carbocycles. The van der Waals surface area contributed by atoms with E-state index < -0.39 is 5.54 Å². The molecule has 0 atom stereocenters. The van der Waals surface area contributed by atoms with Gasteiger partial charge in [0.2, 0.25) is 0 Å². The average Bonchev–Trinajstić information content (AvgIpc) is 2.35. The van der Waals surface area contributed by atoms with Crippen LogP contribution in [0.1, 0.15) is 38.8 Å². The predicted octanol–water partition coefficient (Wildman–Crippen LogP) is 2.81. The number of carbonyl (C=O) groups excluding carboxylic acids is 1. The van der Waals surface area contributed by atoms with Crippen LogP contribution in [0.5, 0.6) is 0 Å². The van der Waals surface area contributed by atoms with E-state index in [9.17, 15) is 4.79 Å². The smallest absolute Gasteiger partial charge is 0.325 e. The summed E-state index contributed by atoms with van der Waals surface area (Å²) in [5.41, 5.74) is 1.80. The SMILES string of the molecule is COC(=O)C(C)(C)NCC(C)(C)c1cccc(C)c1. The monoisotopic (exact) mass is 263 g/mol. The van der Waals surface area contributed by atoms with Crippen LogP contribution in [0.25, 0.3) is 0 Å². The predicted molar refractivity (Wildman–Crippen MR) is 78.3 cm³/mol. The van der Waals surface area contributed by atoms with Crippen molar-refractivity contribution in [2.75, 3.05) is 13.7 Å². The van der Waals surface area contributed by atoms with Gasteiger partial charge in [0.1, 0.15) is 5.54 Å². The molecule has 106 valence electrons. The fraction of sp³-hybridized carbons (Fsp3) is 0.562. The molecule has 1 aromatic rings. The first-order valence-electron chi connectivity index (χ1n) is 6.59. The van der Waals surface area contributed by atoms with Crippen LogP contribution in [0, 0.1) is 6.92 Å². The summed E-state index contributed by atoms with van der Waals surface area (Å²) in [6.45, 7) is 10.8. The lowest BCUT2D eigenvalue weighted by atomic mass is 9.83. The molecule has 0 radical (unpaired) electrons. The molecule has 0 aliphatic rings. The molecule has 3 heteroatoms. The third-order valence-electron chi connectivity index (χ3n) is 3.47. The minimum atomic E-state index is -0.671. The number of ether oxygens (including phenoxy) is 1. The first-order chi connectivity index (χ1) is 8.69. The molecule has 0 heterocycles. The number of esters is 1. The summed E-state index contributed by atoms with van der Waals surface area (Å²) in [4.78, 5) is 11.7. The number of benzene rings is 1. The van der Waals surface area contributed by atoms with E-state index in [-0.39, 0.29) is 11.4 Å². The molecule has 0 amide bonds. The first-order valence-corrected chi connectivity index (χ1v) is 6.59. The molecular weight excluding hydrogens is 238 g/mol. The number of nitrogens with one attached hydrogen (secondary N) is 1. The zero-order chi connectivity index (χ0) is 14.7. The molecule has 0 bridgehead atoms. The Labute approximate surface area is 116 Å². The van der Waals surface area contributed by atoms with E-state index in [1.807, 2.05) is 13.8 Å². The van der Waals surface area contributed by atoms with Gasteiger partial charge in [0.25, 0.3) is 0 Å². The molecule has 0 unspecified atom stereocenters. The van der Waals surface area contributed by atoms with Crippen LogP contribution in [0.4, 0.5) is 0 Å². The largest absolute Gasteiger partial charge is 0.468 e. The molecule has 0 spiro atoms. The van der Waals surface area contributed by atoms with Crippen molar-refractivity contribution in [3.63, 3.8) is 0 Å². The highest BCUT2D eigenvalue weighted by atomic mass is 16.5. The van der Waals surface area contributed by atoms with Gasteiger partial charge in [0.15, 0.2) is 0 Å². The zero-order valence-electron chi connectivity index (χ0n) is 12.8. The minimum Gasteiger partial charge on any atom is -0.468 e. The van der Waals surface area contributed by atoms with Crippen LogP contribution in [-0.2, 0) is 14.9 Å². The number of hydrogen-bond acceptors (Lipinski definition) is 3. The lowest BCUT2D eigenvalue weighted by Gasteiger charge is -2.31. The van der Waals surface area contributed by atoms with Gasteiger partial charge in [-0.2, -0.15) is 0 Å². The molecule has 3 nitrogen and oxygen atoms in total. The second kappa shape index (κ2) is 5.74. The zero-order valence-corrected chi connectivity index (χ0v) is 12.8. The molecular formula is C16H25NO2. The Bertz CT molecular complexity index is 450. The van der Waals surface area contributed by atoms with E-state index in [0.717, 1.165) is 0 Å². The van der Waals surface area contributed by atoms with Crippen molar-refractivity contribution in [2.24, 2.45) is 0 Å². The summed E-state index contributed by atoms with van der Waals surface area (Å²) in [7, 11) is 1.41. The average molecular weight is 263 g/mol. The van der Waals surface area contributed by atoms with Crippen LogP contribution in [-0.4, -0.2) is 25.2 Å². The van der Waals surface area contributed by atoms with Gasteiger partial charge >= 0.3 is 5.97 Å². The third kappa shape index (κ3) is 4.06. The molecule has 0 aliphatic carbocycles. The summed E-state index contributed by atoms with van der Waals surface area (Å²) < 4.78 is 4.80. The topological polar surface area (TPSA) is 38.3 Å². The van der Waals surface area contributed by atoms with Gasteiger partial charge in [-0.05, 0) is 26.3 Å². The quantitative estimate of drug-likeness (QED) is 0.830. The van der Waals surface area contributed by atoms with Crippen molar-refractivity contribution in [2.45, 2.75) is 45.6 Å². The van der Waals surface area contributed by atoms with E-state index in [4.69, 9.17) is 4.74 Å². The normalized spacial score (nSPS) is 12.3. The Morgan fingerprint density at radius 2 is 1.89 bits per heavy atom. The highest BCUT2D eigenvalue weighted by molar-refractivity contribution is 5.79. The summed E-state index contributed by atoms with van der Waals surface area (Å²) >= 11 is 0. The van der Waals surface area contributed by atoms with Crippen molar-refractivity contribution in [3.05, 3.63) is 35.4 Å².